The minimum absolute atomic E-state index is 0.0209. The molecule has 0 aromatic carbocycles. The zero-order valence-corrected chi connectivity index (χ0v) is 16.5. The fraction of sp³-hybridized carbons (Fsp3) is 0.524. The van der Waals surface area contributed by atoms with Gasteiger partial charge in [0.05, 0.1) is 17.1 Å². The maximum absolute atomic E-state index is 12.8. The Morgan fingerprint density at radius 3 is 3.00 bits per heavy atom. The van der Waals surface area contributed by atoms with Gasteiger partial charge in [-0.05, 0) is 50.8 Å². The molecular weight excluding hydrogens is 368 g/mol. The molecule has 3 aromatic rings. The summed E-state index contributed by atoms with van der Waals surface area (Å²) in [5.41, 5.74) is 1.16. The van der Waals surface area contributed by atoms with Crippen LogP contribution in [0.2, 0.25) is 0 Å². The van der Waals surface area contributed by atoms with Crippen LogP contribution in [0, 0.1) is 5.92 Å². The highest BCUT2D eigenvalue weighted by molar-refractivity contribution is 5.80. The van der Waals surface area contributed by atoms with Gasteiger partial charge in [0.15, 0.2) is 5.65 Å². The van der Waals surface area contributed by atoms with Gasteiger partial charge in [0.2, 0.25) is 5.91 Å². The summed E-state index contributed by atoms with van der Waals surface area (Å²) in [6.45, 7) is 3.10. The predicted octanol–water partition coefficient (Wildman–Crippen LogP) is 1.42. The number of pyridine rings is 1. The zero-order valence-electron chi connectivity index (χ0n) is 16.5. The van der Waals surface area contributed by atoms with E-state index in [-0.39, 0.29) is 18.0 Å². The third-order valence-corrected chi connectivity index (χ3v) is 6.46. The summed E-state index contributed by atoms with van der Waals surface area (Å²) in [6.07, 6.45) is 11.1. The van der Waals surface area contributed by atoms with Crippen molar-refractivity contribution in [3.05, 3.63) is 41.1 Å². The van der Waals surface area contributed by atoms with Crippen LogP contribution in [-0.2, 0) is 11.3 Å². The van der Waals surface area contributed by atoms with E-state index in [1.807, 2.05) is 6.07 Å². The van der Waals surface area contributed by atoms with E-state index < -0.39 is 0 Å². The number of rotatable bonds is 4. The molecule has 2 saturated heterocycles. The van der Waals surface area contributed by atoms with Crippen LogP contribution >= 0.6 is 0 Å². The molecule has 0 unspecified atom stereocenters. The van der Waals surface area contributed by atoms with Gasteiger partial charge < -0.3 is 14.8 Å². The van der Waals surface area contributed by atoms with Gasteiger partial charge in [-0.15, -0.1) is 0 Å². The Kier molecular flexibility index (Phi) is 4.79. The highest BCUT2D eigenvalue weighted by atomic mass is 16.2. The summed E-state index contributed by atoms with van der Waals surface area (Å²) >= 11 is 0. The van der Waals surface area contributed by atoms with E-state index >= 15 is 0 Å². The van der Waals surface area contributed by atoms with Gasteiger partial charge in [-0.1, -0.05) is 6.42 Å². The molecule has 8 nitrogen and oxygen atoms in total. The first kappa shape index (κ1) is 18.3. The quantitative estimate of drug-likeness (QED) is 0.724. The standard InChI is InChI=1S/C21H26N6O2/c28-20(23-12-15-4-3-10-25-9-2-1-5-17(15)25)14-26-11-7-18-16(21(26)29)13-22-19-6-8-24-27(18)19/h6-8,11,13,15,17H,1-5,9-10,12,14H2,(H,23,28)/t15-,17+/m0/s1. The molecule has 3 aromatic heterocycles. The molecule has 8 heteroatoms. The van der Waals surface area contributed by atoms with E-state index in [2.05, 4.69) is 20.3 Å². The SMILES string of the molecule is O=C(Cn1ccc2c(cnc3ccnn32)c1=O)NC[C@@H]1CCCN2CCCC[C@H]12. The minimum Gasteiger partial charge on any atom is -0.354 e. The second kappa shape index (κ2) is 7.59. The molecule has 0 bridgehead atoms. The highest BCUT2D eigenvalue weighted by Gasteiger charge is 2.32. The first-order chi connectivity index (χ1) is 14.2. The molecule has 5 heterocycles. The van der Waals surface area contributed by atoms with Gasteiger partial charge in [0.25, 0.3) is 5.56 Å². The van der Waals surface area contributed by atoms with Crippen LogP contribution in [0.5, 0.6) is 0 Å². The van der Waals surface area contributed by atoms with Crippen molar-refractivity contribution in [2.75, 3.05) is 19.6 Å². The van der Waals surface area contributed by atoms with E-state index in [9.17, 15) is 9.59 Å². The van der Waals surface area contributed by atoms with Crippen molar-refractivity contribution >= 4 is 22.5 Å². The summed E-state index contributed by atoms with van der Waals surface area (Å²) < 4.78 is 3.09. The van der Waals surface area contributed by atoms with Crippen molar-refractivity contribution in [1.29, 1.82) is 0 Å². The second-order valence-electron chi connectivity index (χ2n) is 8.21. The maximum Gasteiger partial charge on any atom is 0.262 e. The Labute approximate surface area is 168 Å². The van der Waals surface area contributed by atoms with E-state index in [4.69, 9.17) is 0 Å². The number of piperidine rings is 2. The molecule has 0 aliphatic carbocycles. The van der Waals surface area contributed by atoms with Gasteiger partial charge in [-0.3, -0.25) is 9.59 Å². The molecule has 2 atom stereocenters. The van der Waals surface area contributed by atoms with Gasteiger partial charge in [-0.25, -0.2) is 9.50 Å². The Hall–Kier alpha value is -2.74. The maximum atomic E-state index is 12.8. The van der Waals surface area contributed by atoms with Crippen molar-refractivity contribution in [3.8, 4) is 0 Å². The summed E-state index contributed by atoms with van der Waals surface area (Å²) in [5.74, 6) is 0.395. The Morgan fingerprint density at radius 2 is 2.07 bits per heavy atom. The number of nitrogens with zero attached hydrogens (tertiary/aromatic N) is 5. The lowest BCUT2D eigenvalue weighted by atomic mass is 9.83. The van der Waals surface area contributed by atoms with Crippen molar-refractivity contribution in [3.63, 3.8) is 0 Å². The van der Waals surface area contributed by atoms with E-state index in [1.54, 1.807) is 29.2 Å². The van der Waals surface area contributed by atoms with Crippen molar-refractivity contribution in [1.82, 2.24) is 29.4 Å². The van der Waals surface area contributed by atoms with Crippen LogP contribution in [0.3, 0.4) is 0 Å². The Morgan fingerprint density at radius 1 is 1.17 bits per heavy atom. The van der Waals surface area contributed by atoms with Crippen molar-refractivity contribution in [2.45, 2.75) is 44.7 Å². The molecule has 0 saturated carbocycles. The molecule has 5 rings (SSSR count). The fourth-order valence-electron chi connectivity index (χ4n) is 4.99. The monoisotopic (exact) mass is 394 g/mol. The molecule has 0 radical (unpaired) electrons. The minimum atomic E-state index is -0.223. The molecule has 152 valence electrons. The summed E-state index contributed by atoms with van der Waals surface area (Å²) in [5, 5.41) is 7.75. The van der Waals surface area contributed by atoms with E-state index in [0.29, 0.717) is 35.1 Å². The lowest BCUT2D eigenvalue weighted by Gasteiger charge is -2.44. The number of carbonyl (C=O) groups excluding carboxylic acids is 1. The van der Waals surface area contributed by atoms with E-state index in [0.717, 1.165) is 0 Å². The molecule has 1 N–H and O–H groups in total. The van der Waals surface area contributed by atoms with Gasteiger partial charge in [0.1, 0.15) is 6.54 Å². The molecule has 2 fully saturated rings. The molecule has 29 heavy (non-hydrogen) atoms. The number of nitrogens with one attached hydrogen (secondary N) is 1. The number of hydrogen-bond acceptors (Lipinski definition) is 5. The third kappa shape index (κ3) is 3.42. The Balaban J connectivity index is 1.28. The normalized spacial score (nSPS) is 22.6. The van der Waals surface area contributed by atoms with Crippen LogP contribution in [0.25, 0.3) is 16.6 Å². The number of fused-ring (bicyclic) bond motifs is 4. The summed E-state index contributed by atoms with van der Waals surface area (Å²) in [4.78, 5) is 32.2. The topological polar surface area (TPSA) is 84.5 Å². The average Bonchev–Trinajstić information content (AvgIpc) is 3.23. The van der Waals surface area contributed by atoms with Gasteiger partial charge in [-0.2, -0.15) is 5.10 Å². The predicted molar refractivity (Wildman–Crippen MR) is 110 cm³/mol. The molecule has 2 aliphatic rings. The zero-order chi connectivity index (χ0) is 19.8. The fourth-order valence-corrected chi connectivity index (χ4v) is 4.99. The van der Waals surface area contributed by atoms with Gasteiger partial charge >= 0.3 is 0 Å². The molecule has 1 amide bonds. The lowest BCUT2D eigenvalue weighted by Crippen LogP contribution is -2.51. The molecule has 0 spiro atoms. The van der Waals surface area contributed by atoms with Crippen LogP contribution in [-0.4, -0.2) is 55.6 Å². The van der Waals surface area contributed by atoms with Crippen LogP contribution in [0.15, 0.2) is 35.5 Å². The average molecular weight is 394 g/mol. The summed E-state index contributed by atoms with van der Waals surface area (Å²) in [7, 11) is 0. The van der Waals surface area contributed by atoms with E-state index in [1.165, 1.54) is 49.8 Å². The molecular formula is C21H26N6O2. The van der Waals surface area contributed by atoms with Crippen LogP contribution in [0.4, 0.5) is 0 Å². The third-order valence-electron chi connectivity index (χ3n) is 6.46. The van der Waals surface area contributed by atoms with Crippen LogP contribution < -0.4 is 10.9 Å². The van der Waals surface area contributed by atoms with Crippen molar-refractivity contribution < 1.29 is 4.79 Å². The second-order valence-corrected chi connectivity index (χ2v) is 8.21. The number of hydrogen-bond donors (Lipinski definition) is 1. The van der Waals surface area contributed by atoms with Crippen LogP contribution in [0.1, 0.15) is 32.1 Å². The largest absolute Gasteiger partial charge is 0.354 e. The first-order valence-electron chi connectivity index (χ1n) is 10.5. The molecule has 2 aliphatic heterocycles. The highest BCUT2D eigenvalue weighted by Crippen LogP contribution is 2.30. The summed E-state index contributed by atoms with van der Waals surface area (Å²) in [6, 6.07) is 4.20. The number of carbonyl (C=O) groups is 1. The number of aromatic nitrogens is 4. The number of amides is 1. The smallest absolute Gasteiger partial charge is 0.262 e. The van der Waals surface area contributed by atoms with Gasteiger partial charge in [0, 0.05) is 31.0 Å². The van der Waals surface area contributed by atoms with Crippen molar-refractivity contribution in [2.24, 2.45) is 5.92 Å². The Bertz CT molecular complexity index is 1100. The lowest BCUT2D eigenvalue weighted by molar-refractivity contribution is -0.122. The first-order valence-corrected chi connectivity index (χ1v) is 10.5.